The van der Waals surface area contributed by atoms with Gasteiger partial charge in [-0.05, 0) is 54.8 Å². The van der Waals surface area contributed by atoms with Gasteiger partial charge in [-0.2, -0.15) is 0 Å². The van der Waals surface area contributed by atoms with E-state index >= 15 is 0 Å². The number of hydrogen-bond acceptors (Lipinski definition) is 4. The number of carbonyl (C=O) groups is 1. The molecule has 0 radical (unpaired) electrons. The number of rotatable bonds is 8. The normalized spacial score (nSPS) is 23.7. The van der Waals surface area contributed by atoms with E-state index in [0.717, 1.165) is 57.9 Å². The van der Waals surface area contributed by atoms with Crippen LogP contribution in [0.15, 0.2) is 24.3 Å². The maximum atomic E-state index is 12.3. The number of hydrogen-bond donors (Lipinski definition) is 0. The Morgan fingerprint density at radius 3 is 2.73 bits per heavy atom. The Bertz CT molecular complexity index is 602. The van der Waals surface area contributed by atoms with Crippen LogP contribution in [0.3, 0.4) is 0 Å². The molecule has 3 rings (SSSR count). The molecule has 2 aliphatic rings. The lowest BCUT2D eigenvalue weighted by Gasteiger charge is -2.26. The van der Waals surface area contributed by atoms with Gasteiger partial charge in [-0.3, -0.25) is 9.69 Å². The molecule has 0 aromatic heterocycles. The SMILES string of the molecule is CC(C)(C)C1CC1C(=O)COc1cccc(CCCN2CCOCC2)c1. The number of nitrogens with zero attached hydrogens (tertiary/aromatic N) is 1. The minimum absolute atomic E-state index is 0.201. The molecule has 2 unspecified atom stereocenters. The van der Waals surface area contributed by atoms with Crippen molar-refractivity contribution in [3.63, 3.8) is 0 Å². The monoisotopic (exact) mass is 359 g/mol. The summed E-state index contributed by atoms with van der Waals surface area (Å²) in [5.74, 6) is 1.79. The molecule has 0 N–H and O–H groups in total. The van der Waals surface area contributed by atoms with Gasteiger partial charge in [-0.1, -0.05) is 32.9 Å². The van der Waals surface area contributed by atoms with E-state index in [4.69, 9.17) is 9.47 Å². The Labute approximate surface area is 157 Å². The van der Waals surface area contributed by atoms with Crippen molar-refractivity contribution in [2.45, 2.75) is 40.0 Å². The third-order valence-electron chi connectivity index (χ3n) is 5.64. The molecule has 1 saturated carbocycles. The first-order chi connectivity index (χ1) is 12.4. The Kier molecular flexibility index (Phi) is 6.36. The summed E-state index contributed by atoms with van der Waals surface area (Å²) in [5.41, 5.74) is 1.50. The zero-order valence-corrected chi connectivity index (χ0v) is 16.5. The molecule has 1 saturated heterocycles. The first-order valence-corrected chi connectivity index (χ1v) is 9.98. The topological polar surface area (TPSA) is 38.8 Å². The summed E-state index contributed by atoms with van der Waals surface area (Å²) in [6.45, 7) is 11.8. The first-order valence-electron chi connectivity index (χ1n) is 9.98. The summed E-state index contributed by atoms with van der Waals surface area (Å²) in [6.07, 6.45) is 3.20. The van der Waals surface area contributed by atoms with E-state index in [0.29, 0.717) is 5.92 Å². The van der Waals surface area contributed by atoms with E-state index in [1.807, 2.05) is 12.1 Å². The predicted octanol–water partition coefficient (Wildman–Crippen LogP) is 3.58. The van der Waals surface area contributed by atoms with Crippen LogP contribution in [0.2, 0.25) is 0 Å². The van der Waals surface area contributed by atoms with E-state index in [1.54, 1.807) is 0 Å². The fraction of sp³-hybridized carbons (Fsp3) is 0.682. The third kappa shape index (κ3) is 5.55. The molecule has 2 atom stereocenters. The molecule has 0 amide bonds. The summed E-state index contributed by atoms with van der Waals surface area (Å²) in [7, 11) is 0. The number of benzene rings is 1. The summed E-state index contributed by atoms with van der Waals surface area (Å²) in [5, 5.41) is 0. The van der Waals surface area contributed by atoms with Crippen molar-refractivity contribution >= 4 is 5.78 Å². The van der Waals surface area contributed by atoms with Crippen LogP contribution in [0.5, 0.6) is 5.75 Å². The van der Waals surface area contributed by atoms with E-state index in [2.05, 4.69) is 37.8 Å². The van der Waals surface area contributed by atoms with Gasteiger partial charge in [0.25, 0.3) is 0 Å². The molecule has 1 heterocycles. The van der Waals surface area contributed by atoms with E-state index in [-0.39, 0.29) is 23.7 Å². The molecule has 1 aromatic rings. The lowest BCUT2D eigenvalue weighted by atomic mass is 9.88. The minimum atomic E-state index is 0.201. The van der Waals surface area contributed by atoms with Crippen molar-refractivity contribution in [2.24, 2.45) is 17.3 Å². The van der Waals surface area contributed by atoms with E-state index in [1.165, 1.54) is 5.56 Å². The number of morpholine rings is 1. The highest BCUT2D eigenvalue weighted by molar-refractivity contribution is 5.85. The standard InChI is InChI=1S/C22H33NO3/c1-22(2,3)20-15-19(20)21(24)16-26-18-8-4-6-17(14-18)7-5-9-23-10-12-25-13-11-23/h4,6,8,14,19-20H,5,7,9-13,15-16H2,1-3H3. The largest absolute Gasteiger partial charge is 0.486 e. The highest BCUT2D eigenvalue weighted by Crippen LogP contribution is 2.51. The molecular formula is C22H33NO3. The smallest absolute Gasteiger partial charge is 0.173 e. The Balaban J connectivity index is 1.40. The number of aryl methyl sites for hydroxylation is 1. The summed E-state index contributed by atoms with van der Waals surface area (Å²) in [6, 6.07) is 8.21. The molecule has 26 heavy (non-hydrogen) atoms. The molecule has 1 aliphatic carbocycles. The van der Waals surface area contributed by atoms with Gasteiger partial charge >= 0.3 is 0 Å². The molecule has 2 fully saturated rings. The highest BCUT2D eigenvalue weighted by Gasteiger charge is 2.49. The van der Waals surface area contributed by atoms with E-state index < -0.39 is 0 Å². The van der Waals surface area contributed by atoms with Gasteiger partial charge in [-0.15, -0.1) is 0 Å². The van der Waals surface area contributed by atoms with Crippen molar-refractivity contribution in [3.8, 4) is 5.75 Å². The molecule has 4 nitrogen and oxygen atoms in total. The van der Waals surface area contributed by atoms with Gasteiger partial charge in [-0.25, -0.2) is 0 Å². The van der Waals surface area contributed by atoms with Crippen LogP contribution in [-0.4, -0.2) is 50.1 Å². The maximum Gasteiger partial charge on any atom is 0.173 e. The van der Waals surface area contributed by atoms with Crippen molar-refractivity contribution in [1.82, 2.24) is 4.90 Å². The van der Waals surface area contributed by atoms with Crippen LogP contribution in [-0.2, 0) is 16.0 Å². The lowest BCUT2D eigenvalue weighted by Crippen LogP contribution is -2.36. The van der Waals surface area contributed by atoms with Crippen LogP contribution in [0, 0.1) is 17.3 Å². The maximum absolute atomic E-state index is 12.3. The Morgan fingerprint density at radius 2 is 2.04 bits per heavy atom. The highest BCUT2D eigenvalue weighted by atomic mass is 16.5. The quantitative estimate of drug-likeness (QED) is 0.711. The van der Waals surface area contributed by atoms with Crippen LogP contribution >= 0.6 is 0 Å². The average Bonchev–Trinajstić information content (AvgIpc) is 3.42. The van der Waals surface area contributed by atoms with Crippen molar-refractivity contribution in [1.29, 1.82) is 0 Å². The van der Waals surface area contributed by atoms with Crippen LogP contribution < -0.4 is 4.74 Å². The lowest BCUT2D eigenvalue weighted by molar-refractivity contribution is -0.122. The summed E-state index contributed by atoms with van der Waals surface area (Å²) >= 11 is 0. The predicted molar refractivity (Wildman–Crippen MR) is 104 cm³/mol. The molecule has 4 heteroatoms. The number of ether oxygens (including phenoxy) is 2. The molecule has 144 valence electrons. The summed E-state index contributed by atoms with van der Waals surface area (Å²) in [4.78, 5) is 14.8. The second kappa shape index (κ2) is 8.53. The molecule has 0 bridgehead atoms. The molecule has 0 spiro atoms. The second-order valence-corrected chi connectivity index (χ2v) is 8.77. The van der Waals surface area contributed by atoms with E-state index in [9.17, 15) is 4.79 Å². The fourth-order valence-corrected chi connectivity index (χ4v) is 3.89. The van der Waals surface area contributed by atoms with Crippen LogP contribution in [0.25, 0.3) is 0 Å². The van der Waals surface area contributed by atoms with Crippen molar-refractivity contribution < 1.29 is 14.3 Å². The van der Waals surface area contributed by atoms with Gasteiger partial charge in [0.15, 0.2) is 5.78 Å². The Morgan fingerprint density at radius 1 is 1.27 bits per heavy atom. The number of ketones is 1. The molecule has 1 aromatic carbocycles. The van der Waals surface area contributed by atoms with Crippen LogP contribution in [0.4, 0.5) is 0 Å². The molecule has 1 aliphatic heterocycles. The third-order valence-corrected chi connectivity index (χ3v) is 5.64. The summed E-state index contributed by atoms with van der Waals surface area (Å²) < 4.78 is 11.2. The van der Waals surface area contributed by atoms with Crippen molar-refractivity contribution in [3.05, 3.63) is 29.8 Å². The van der Waals surface area contributed by atoms with Gasteiger partial charge in [0.05, 0.1) is 13.2 Å². The molecular weight excluding hydrogens is 326 g/mol. The van der Waals surface area contributed by atoms with Gasteiger partial charge in [0, 0.05) is 19.0 Å². The Hall–Kier alpha value is -1.39. The first kappa shape index (κ1) is 19.4. The van der Waals surface area contributed by atoms with Gasteiger partial charge < -0.3 is 9.47 Å². The van der Waals surface area contributed by atoms with Crippen LogP contribution in [0.1, 0.15) is 39.2 Å². The fourth-order valence-electron chi connectivity index (χ4n) is 3.89. The van der Waals surface area contributed by atoms with Gasteiger partial charge in [0.1, 0.15) is 12.4 Å². The van der Waals surface area contributed by atoms with Gasteiger partial charge in [0.2, 0.25) is 0 Å². The zero-order valence-electron chi connectivity index (χ0n) is 16.5. The second-order valence-electron chi connectivity index (χ2n) is 8.77. The van der Waals surface area contributed by atoms with Crippen molar-refractivity contribution in [2.75, 3.05) is 39.5 Å². The number of carbonyl (C=O) groups excluding carboxylic acids is 1. The number of Topliss-reactive ketones (excluding diaryl/α,β-unsaturated/α-hetero) is 1. The average molecular weight is 360 g/mol. The minimum Gasteiger partial charge on any atom is -0.486 e. The zero-order chi connectivity index (χ0) is 18.6.